The SMILES string of the molecule is CCCCCNC(=O)[C@@H](Cc1ccccc1)N(Cc1ccc(Cl)cc1)C(=O)CC. The van der Waals surface area contributed by atoms with E-state index in [1.807, 2.05) is 61.5 Å². The van der Waals surface area contributed by atoms with Crippen molar-refractivity contribution in [2.24, 2.45) is 0 Å². The number of halogens is 1. The van der Waals surface area contributed by atoms with Gasteiger partial charge in [0, 0.05) is 31.0 Å². The summed E-state index contributed by atoms with van der Waals surface area (Å²) in [6.07, 6.45) is 3.95. The second-order valence-corrected chi connectivity index (χ2v) is 7.64. The summed E-state index contributed by atoms with van der Waals surface area (Å²) in [4.78, 5) is 27.6. The van der Waals surface area contributed by atoms with Crippen LogP contribution in [0.4, 0.5) is 0 Å². The van der Waals surface area contributed by atoms with Gasteiger partial charge in [0.1, 0.15) is 6.04 Å². The highest BCUT2D eigenvalue weighted by Gasteiger charge is 2.29. The lowest BCUT2D eigenvalue weighted by Crippen LogP contribution is -2.50. The van der Waals surface area contributed by atoms with Crippen LogP contribution in [0, 0.1) is 0 Å². The van der Waals surface area contributed by atoms with Crippen molar-refractivity contribution < 1.29 is 9.59 Å². The zero-order chi connectivity index (χ0) is 21.1. The molecule has 0 fully saturated rings. The molecule has 1 atom stereocenters. The minimum absolute atomic E-state index is 0.0374. The monoisotopic (exact) mass is 414 g/mol. The number of unbranched alkanes of at least 4 members (excludes halogenated alkanes) is 2. The van der Waals surface area contributed by atoms with Gasteiger partial charge in [0.25, 0.3) is 0 Å². The van der Waals surface area contributed by atoms with E-state index in [0.29, 0.717) is 31.0 Å². The summed E-state index contributed by atoms with van der Waals surface area (Å²) in [7, 11) is 0. The average Bonchev–Trinajstić information content (AvgIpc) is 2.75. The molecule has 5 heteroatoms. The number of hydrogen-bond donors (Lipinski definition) is 1. The van der Waals surface area contributed by atoms with E-state index in [1.54, 1.807) is 4.90 Å². The fourth-order valence-electron chi connectivity index (χ4n) is 3.25. The molecule has 0 spiro atoms. The van der Waals surface area contributed by atoms with Gasteiger partial charge in [0.15, 0.2) is 0 Å². The van der Waals surface area contributed by atoms with Gasteiger partial charge in [-0.05, 0) is 29.7 Å². The lowest BCUT2D eigenvalue weighted by Gasteiger charge is -2.31. The highest BCUT2D eigenvalue weighted by Crippen LogP contribution is 2.17. The van der Waals surface area contributed by atoms with Gasteiger partial charge in [0.05, 0.1) is 0 Å². The fraction of sp³-hybridized carbons (Fsp3) is 0.417. The normalized spacial score (nSPS) is 11.7. The Hall–Kier alpha value is -2.33. The van der Waals surface area contributed by atoms with Crippen molar-refractivity contribution in [3.8, 4) is 0 Å². The molecular formula is C24H31ClN2O2. The molecule has 2 amide bonds. The Morgan fingerprint density at radius 2 is 1.66 bits per heavy atom. The number of carbonyl (C=O) groups excluding carboxylic acids is 2. The summed E-state index contributed by atoms with van der Waals surface area (Å²) in [6.45, 7) is 4.97. The molecule has 2 rings (SSSR count). The van der Waals surface area contributed by atoms with Gasteiger partial charge in [-0.3, -0.25) is 9.59 Å². The molecule has 0 radical (unpaired) electrons. The summed E-state index contributed by atoms with van der Waals surface area (Å²) < 4.78 is 0. The number of rotatable bonds is 11. The molecule has 0 saturated heterocycles. The van der Waals surface area contributed by atoms with Crippen molar-refractivity contribution in [1.29, 1.82) is 0 Å². The van der Waals surface area contributed by atoms with Gasteiger partial charge in [-0.15, -0.1) is 0 Å². The Labute approximate surface area is 179 Å². The van der Waals surface area contributed by atoms with Crippen LogP contribution < -0.4 is 5.32 Å². The van der Waals surface area contributed by atoms with Crippen LogP contribution in [0.5, 0.6) is 0 Å². The first kappa shape index (κ1) is 23.0. The Balaban J connectivity index is 2.25. The minimum atomic E-state index is -0.554. The summed E-state index contributed by atoms with van der Waals surface area (Å²) in [5.41, 5.74) is 1.99. The van der Waals surface area contributed by atoms with E-state index in [0.717, 1.165) is 30.4 Å². The smallest absolute Gasteiger partial charge is 0.243 e. The average molecular weight is 415 g/mol. The topological polar surface area (TPSA) is 49.4 Å². The first-order valence-electron chi connectivity index (χ1n) is 10.4. The van der Waals surface area contributed by atoms with Crippen molar-refractivity contribution in [3.63, 3.8) is 0 Å². The molecular weight excluding hydrogens is 384 g/mol. The number of nitrogens with one attached hydrogen (secondary N) is 1. The van der Waals surface area contributed by atoms with Crippen molar-refractivity contribution in [2.75, 3.05) is 6.54 Å². The molecule has 0 aromatic heterocycles. The molecule has 2 aromatic carbocycles. The van der Waals surface area contributed by atoms with Gasteiger partial charge in [-0.2, -0.15) is 0 Å². The third-order valence-corrected chi connectivity index (χ3v) is 5.17. The van der Waals surface area contributed by atoms with Crippen molar-refractivity contribution >= 4 is 23.4 Å². The molecule has 0 heterocycles. The van der Waals surface area contributed by atoms with Gasteiger partial charge < -0.3 is 10.2 Å². The number of carbonyl (C=O) groups is 2. The minimum Gasteiger partial charge on any atom is -0.354 e. The first-order chi connectivity index (χ1) is 14.0. The van der Waals surface area contributed by atoms with Crippen molar-refractivity contribution in [1.82, 2.24) is 10.2 Å². The van der Waals surface area contributed by atoms with E-state index in [-0.39, 0.29) is 11.8 Å². The summed E-state index contributed by atoms with van der Waals surface area (Å²) in [6, 6.07) is 16.7. The Morgan fingerprint density at radius 1 is 0.966 bits per heavy atom. The third-order valence-electron chi connectivity index (χ3n) is 4.92. The van der Waals surface area contributed by atoms with E-state index in [4.69, 9.17) is 11.6 Å². The molecule has 0 saturated carbocycles. The van der Waals surface area contributed by atoms with E-state index in [1.165, 1.54) is 0 Å². The van der Waals surface area contributed by atoms with Crippen LogP contribution in [-0.2, 0) is 22.6 Å². The quantitative estimate of drug-likeness (QED) is 0.526. The molecule has 4 nitrogen and oxygen atoms in total. The van der Waals surface area contributed by atoms with Crippen LogP contribution in [0.1, 0.15) is 50.7 Å². The lowest BCUT2D eigenvalue weighted by molar-refractivity contribution is -0.141. The van der Waals surface area contributed by atoms with Crippen molar-refractivity contribution in [2.45, 2.75) is 58.5 Å². The van der Waals surface area contributed by atoms with Crippen LogP contribution in [0.15, 0.2) is 54.6 Å². The molecule has 0 aliphatic rings. The molecule has 0 aliphatic heterocycles. The number of hydrogen-bond acceptors (Lipinski definition) is 2. The third kappa shape index (κ3) is 7.54. The van der Waals surface area contributed by atoms with Gasteiger partial charge in [-0.25, -0.2) is 0 Å². The standard InChI is InChI=1S/C24H31ClN2O2/c1-3-5-9-16-26-24(29)22(17-19-10-7-6-8-11-19)27(23(28)4-2)18-20-12-14-21(25)15-13-20/h6-8,10-15,22H,3-5,9,16-18H2,1-2H3,(H,26,29)/t22-/m1/s1. The van der Waals surface area contributed by atoms with Crippen LogP contribution in [0.2, 0.25) is 5.02 Å². The molecule has 29 heavy (non-hydrogen) atoms. The molecule has 0 aliphatic carbocycles. The van der Waals surface area contributed by atoms with E-state index in [2.05, 4.69) is 12.2 Å². The predicted molar refractivity (Wildman–Crippen MR) is 119 cm³/mol. The largest absolute Gasteiger partial charge is 0.354 e. The van der Waals surface area contributed by atoms with Gasteiger partial charge in [-0.1, -0.05) is 80.8 Å². The maximum absolute atomic E-state index is 13.1. The van der Waals surface area contributed by atoms with Gasteiger partial charge in [0.2, 0.25) is 11.8 Å². The maximum Gasteiger partial charge on any atom is 0.243 e. The van der Waals surface area contributed by atoms with Crippen LogP contribution >= 0.6 is 11.6 Å². The second-order valence-electron chi connectivity index (χ2n) is 7.21. The highest BCUT2D eigenvalue weighted by atomic mass is 35.5. The zero-order valence-corrected chi connectivity index (χ0v) is 18.1. The predicted octanol–water partition coefficient (Wildman–Crippen LogP) is 5.00. The Bertz CT molecular complexity index is 762. The lowest BCUT2D eigenvalue weighted by atomic mass is 10.0. The van der Waals surface area contributed by atoms with Crippen LogP contribution in [0.3, 0.4) is 0 Å². The van der Waals surface area contributed by atoms with Crippen molar-refractivity contribution in [3.05, 3.63) is 70.7 Å². The van der Waals surface area contributed by atoms with Gasteiger partial charge >= 0.3 is 0 Å². The highest BCUT2D eigenvalue weighted by molar-refractivity contribution is 6.30. The molecule has 0 bridgehead atoms. The number of nitrogens with zero attached hydrogens (tertiary/aromatic N) is 1. The fourth-order valence-corrected chi connectivity index (χ4v) is 3.37. The molecule has 0 unspecified atom stereocenters. The zero-order valence-electron chi connectivity index (χ0n) is 17.4. The first-order valence-corrected chi connectivity index (χ1v) is 10.8. The summed E-state index contributed by atoms with van der Waals surface area (Å²) in [5.74, 6) is -0.134. The Morgan fingerprint density at radius 3 is 2.28 bits per heavy atom. The number of benzene rings is 2. The van der Waals surface area contributed by atoms with E-state index < -0.39 is 6.04 Å². The molecule has 1 N–H and O–H groups in total. The maximum atomic E-state index is 13.1. The van der Waals surface area contributed by atoms with E-state index >= 15 is 0 Å². The van der Waals surface area contributed by atoms with Crippen LogP contribution in [-0.4, -0.2) is 29.3 Å². The van der Waals surface area contributed by atoms with Crippen LogP contribution in [0.25, 0.3) is 0 Å². The number of amides is 2. The molecule has 156 valence electrons. The Kier molecular flexibility index (Phi) is 9.72. The second kappa shape index (κ2) is 12.3. The summed E-state index contributed by atoms with van der Waals surface area (Å²) >= 11 is 6.00. The van der Waals surface area contributed by atoms with E-state index in [9.17, 15) is 9.59 Å². The molecule has 2 aromatic rings. The summed E-state index contributed by atoms with van der Waals surface area (Å²) in [5, 5.41) is 3.69.